The van der Waals surface area contributed by atoms with Gasteiger partial charge in [0.15, 0.2) is 0 Å². The van der Waals surface area contributed by atoms with Crippen LogP contribution >= 0.6 is 0 Å². The summed E-state index contributed by atoms with van der Waals surface area (Å²) in [4.78, 5) is 19.5. The molecular formula is C12H24N2O4Pt. The van der Waals surface area contributed by atoms with Crippen molar-refractivity contribution < 1.29 is 40.9 Å². The summed E-state index contributed by atoms with van der Waals surface area (Å²) in [6.07, 6.45) is 9.53. The number of carboxylic acid groups (broad SMARTS) is 2. The Hall–Kier alpha value is -0.452. The Labute approximate surface area is 129 Å². The Balaban J connectivity index is -0.000000110. The largest absolute Gasteiger partial charge is 4.00 e. The second-order valence-electron chi connectivity index (χ2n) is 4.07. The zero-order chi connectivity index (χ0) is 12.2. The molecular weight excluding hydrogens is 431 g/mol. The van der Waals surface area contributed by atoms with Crippen LogP contribution in [0.1, 0.15) is 64.2 Å². The summed E-state index contributed by atoms with van der Waals surface area (Å²) >= 11 is 0. The molecule has 1 aliphatic rings. The molecule has 19 heavy (non-hydrogen) atoms. The van der Waals surface area contributed by atoms with Crippen LogP contribution < -0.4 is 10.2 Å². The first kappa shape index (κ1) is 27.0. The second-order valence-corrected chi connectivity index (χ2v) is 4.07. The van der Waals surface area contributed by atoms with Crippen molar-refractivity contribution >= 4 is 11.9 Å². The molecule has 0 atom stereocenters. The van der Waals surface area contributed by atoms with Gasteiger partial charge in [-0.25, -0.2) is 0 Å². The van der Waals surface area contributed by atoms with Crippen molar-refractivity contribution in [1.29, 1.82) is 0 Å². The number of rotatable bonds is 5. The fourth-order valence-electron chi connectivity index (χ4n) is 1.60. The maximum atomic E-state index is 9.77. The molecule has 6 nitrogen and oxygen atoms in total. The monoisotopic (exact) mass is 455 g/mol. The van der Waals surface area contributed by atoms with Gasteiger partial charge < -0.3 is 32.1 Å². The summed E-state index contributed by atoms with van der Waals surface area (Å²) in [6, 6.07) is 0. The summed E-state index contributed by atoms with van der Waals surface area (Å²) < 4.78 is 0. The molecule has 4 N–H and O–H groups in total. The van der Waals surface area contributed by atoms with E-state index < -0.39 is 11.9 Å². The molecule has 0 heterocycles. The van der Waals surface area contributed by atoms with Crippen LogP contribution in [-0.2, 0) is 30.7 Å². The van der Waals surface area contributed by atoms with Crippen molar-refractivity contribution in [2.24, 2.45) is 0 Å². The molecule has 0 aromatic heterocycles. The van der Waals surface area contributed by atoms with Crippen LogP contribution in [-0.4, -0.2) is 11.9 Å². The molecule has 0 unspecified atom stereocenters. The van der Waals surface area contributed by atoms with Crippen LogP contribution in [0.4, 0.5) is 0 Å². The van der Waals surface area contributed by atoms with E-state index in [1.807, 2.05) is 0 Å². The molecule has 0 spiro atoms. The van der Waals surface area contributed by atoms with Gasteiger partial charge in [0.05, 0.1) is 0 Å². The first-order valence-corrected chi connectivity index (χ1v) is 6.02. The number of carboxylic acids is 2. The summed E-state index contributed by atoms with van der Waals surface area (Å²) in [5.41, 5.74) is 0. The van der Waals surface area contributed by atoms with Crippen LogP contribution in [0.25, 0.3) is 12.3 Å². The summed E-state index contributed by atoms with van der Waals surface area (Å²) in [5, 5.41) is 19.5. The minimum absolute atomic E-state index is 0. The molecule has 0 saturated heterocycles. The van der Waals surface area contributed by atoms with Crippen molar-refractivity contribution in [1.82, 2.24) is 0 Å². The van der Waals surface area contributed by atoms with Gasteiger partial charge in [0.2, 0.25) is 0 Å². The third kappa shape index (κ3) is 26.9. The van der Waals surface area contributed by atoms with Gasteiger partial charge in [-0.3, -0.25) is 0 Å². The Bertz CT molecular complexity index is 184. The molecule has 0 amide bonds. The Morgan fingerprint density at radius 3 is 1.05 bits per heavy atom. The average Bonchev–Trinajstić information content (AvgIpc) is 2.27. The molecule has 0 aromatic rings. The maximum absolute atomic E-state index is 9.77. The van der Waals surface area contributed by atoms with Gasteiger partial charge in [-0.1, -0.05) is 38.5 Å². The van der Waals surface area contributed by atoms with Crippen LogP contribution in [0.2, 0.25) is 0 Å². The Morgan fingerprint density at radius 2 is 0.895 bits per heavy atom. The van der Waals surface area contributed by atoms with Crippen LogP contribution in [0, 0.1) is 0 Å². The van der Waals surface area contributed by atoms with Gasteiger partial charge in [0, 0.05) is 11.9 Å². The number of aliphatic carboxylic acids is 2. The van der Waals surface area contributed by atoms with Crippen molar-refractivity contribution in [3.05, 3.63) is 12.3 Å². The van der Waals surface area contributed by atoms with Gasteiger partial charge >= 0.3 is 21.1 Å². The van der Waals surface area contributed by atoms with Gasteiger partial charge in [0.25, 0.3) is 0 Å². The van der Waals surface area contributed by atoms with E-state index in [1.54, 1.807) is 0 Å². The zero-order valence-corrected chi connectivity index (χ0v) is 13.4. The predicted octanol–water partition coefficient (Wildman–Crippen LogP) is 1.82. The molecule has 1 aliphatic carbocycles. The van der Waals surface area contributed by atoms with Gasteiger partial charge in [-0.05, 0) is 25.7 Å². The minimum atomic E-state index is -1.14. The molecule has 7 heteroatoms. The molecule has 0 aromatic carbocycles. The number of carbonyl (C=O) groups excluding carboxylic acids is 2. The normalized spacial score (nSPS) is 12.4. The van der Waals surface area contributed by atoms with E-state index in [0.717, 1.165) is 0 Å². The van der Waals surface area contributed by atoms with Gasteiger partial charge in [0.1, 0.15) is 0 Å². The third-order valence-electron chi connectivity index (χ3n) is 2.51. The SMILES string of the molecule is C1CCCCC1.O=C([O-])CCCCC(=O)[O-].[NH2-].[NH2-].[Pt+4]. The smallest absolute Gasteiger partial charge is 0.693 e. The number of hydrogen-bond acceptors (Lipinski definition) is 4. The number of nitrogens with two attached hydrogens (primary N) is 2. The van der Waals surface area contributed by atoms with Crippen LogP contribution in [0.5, 0.6) is 0 Å². The molecule has 0 radical (unpaired) electrons. The third-order valence-corrected chi connectivity index (χ3v) is 2.51. The quantitative estimate of drug-likeness (QED) is 0.582. The van der Waals surface area contributed by atoms with E-state index in [1.165, 1.54) is 38.5 Å². The topological polar surface area (TPSA) is 147 Å². The van der Waals surface area contributed by atoms with Crippen molar-refractivity contribution in [2.75, 3.05) is 0 Å². The molecule has 116 valence electrons. The fourth-order valence-corrected chi connectivity index (χ4v) is 1.60. The number of carbonyl (C=O) groups is 2. The number of hydrogen-bond donors (Lipinski definition) is 0. The number of unbranched alkanes of at least 4 members (excludes halogenated alkanes) is 1. The standard InChI is InChI=1S/C6H10O4.C6H12.2H2N.Pt/c7-5(8)3-1-2-4-6(9)10;1-2-4-6-5-3-1;;;/h1-4H2,(H,7,8)(H,9,10);1-6H2;2*1H2;/q;;2*-1;+4/p-2. The second kappa shape index (κ2) is 19.9. The van der Waals surface area contributed by atoms with Crippen LogP contribution in [0.15, 0.2) is 0 Å². The summed E-state index contributed by atoms with van der Waals surface area (Å²) in [6.45, 7) is 0. The zero-order valence-electron chi connectivity index (χ0n) is 11.2. The molecule has 1 saturated carbocycles. The van der Waals surface area contributed by atoms with Crippen LogP contribution in [0.3, 0.4) is 0 Å². The molecule has 1 fully saturated rings. The van der Waals surface area contributed by atoms with Gasteiger partial charge in [-0.2, -0.15) is 0 Å². The molecule has 0 bridgehead atoms. The Kier molecular flexibility index (Phi) is 28.2. The summed E-state index contributed by atoms with van der Waals surface area (Å²) in [7, 11) is 0. The first-order chi connectivity index (χ1) is 7.63. The predicted molar refractivity (Wildman–Crippen MR) is 66.8 cm³/mol. The van der Waals surface area contributed by atoms with E-state index in [0.29, 0.717) is 12.8 Å². The van der Waals surface area contributed by atoms with E-state index in [-0.39, 0.29) is 46.2 Å². The molecule has 0 aliphatic heterocycles. The molecule has 1 rings (SSSR count). The van der Waals surface area contributed by atoms with Gasteiger partial charge in [-0.15, -0.1) is 0 Å². The Morgan fingerprint density at radius 1 is 0.684 bits per heavy atom. The van der Waals surface area contributed by atoms with E-state index >= 15 is 0 Å². The van der Waals surface area contributed by atoms with Crippen molar-refractivity contribution in [3.8, 4) is 0 Å². The summed E-state index contributed by atoms with van der Waals surface area (Å²) in [5.74, 6) is -2.28. The van der Waals surface area contributed by atoms with Crippen molar-refractivity contribution in [3.63, 3.8) is 0 Å². The van der Waals surface area contributed by atoms with Crippen molar-refractivity contribution in [2.45, 2.75) is 64.2 Å². The van der Waals surface area contributed by atoms with E-state index in [4.69, 9.17) is 0 Å². The average molecular weight is 455 g/mol. The van der Waals surface area contributed by atoms with E-state index in [9.17, 15) is 19.8 Å². The minimum Gasteiger partial charge on any atom is -0.693 e. The van der Waals surface area contributed by atoms with E-state index in [2.05, 4.69) is 0 Å². The first-order valence-electron chi connectivity index (χ1n) is 6.02. The maximum Gasteiger partial charge on any atom is 4.00 e. The fraction of sp³-hybridized carbons (Fsp3) is 0.833.